The van der Waals surface area contributed by atoms with Crippen molar-refractivity contribution < 1.29 is 19.1 Å². The van der Waals surface area contributed by atoms with E-state index in [0.29, 0.717) is 23.6 Å². The van der Waals surface area contributed by atoms with Crippen LogP contribution in [0.25, 0.3) is 16.5 Å². The highest BCUT2D eigenvalue weighted by Crippen LogP contribution is 2.45. The van der Waals surface area contributed by atoms with Gasteiger partial charge in [-0.2, -0.15) is 0 Å². The molecule has 5 aromatic rings. The van der Waals surface area contributed by atoms with Crippen LogP contribution >= 0.6 is 0 Å². The Kier molecular flexibility index (Phi) is 7.88. The lowest BCUT2D eigenvalue weighted by Crippen LogP contribution is -2.47. The van der Waals surface area contributed by atoms with Crippen molar-refractivity contribution in [2.75, 3.05) is 32.2 Å². The third-order valence-corrected chi connectivity index (χ3v) is 8.11. The summed E-state index contributed by atoms with van der Waals surface area (Å²) in [5.41, 5.74) is 3.95. The van der Waals surface area contributed by atoms with Crippen LogP contribution in [0.15, 0.2) is 103 Å². The number of benzene rings is 4. The second-order valence-electron chi connectivity index (χ2n) is 10.7. The second kappa shape index (κ2) is 12.1. The molecule has 2 amide bonds. The first kappa shape index (κ1) is 28.1. The van der Waals surface area contributed by atoms with E-state index in [-0.39, 0.29) is 18.4 Å². The fourth-order valence-corrected chi connectivity index (χ4v) is 5.95. The van der Waals surface area contributed by atoms with Crippen molar-refractivity contribution in [1.29, 1.82) is 0 Å². The summed E-state index contributed by atoms with van der Waals surface area (Å²) in [6, 6.07) is 30.7. The van der Waals surface area contributed by atoms with Crippen LogP contribution in [0.1, 0.15) is 47.4 Å². The zero-order valence-electron chi connectivity index (χ0n) is 24.7. The van der Waals surface area contributed by atoms with E-state index in [2.05, 4.69) is 11.5 Å². The average molecular weight is 574 g/mol. The standard InChI is InChI=1S/C36H35N3O4/c1-4-5-20-37(36(41)27-17-16-25-11-6-7-12-26(25)22-27)24-34(40)39-31-14-9-8-13-30(31)38-21-10-15-32(38)35(39)29-23-28(42-2)18-19-33(29)43-3/h6-19,21-23,35H,4-5,20,24H2,1-3H3. The molecule has 1 aliphatic rings. The van der Waals surface area contributed by atoms with Crippen molar-refractivity contribution in [2.45, 2.75) is 25.8 Å². The van der Waals surface area contributed by atoms with Crippen LogP contribution in [0, 0.1) is 0 Å². The topological polar surface area (TPSA) is 64.0 Å². The van der Waals surface area contributed by atoms with Gasteiger partial charge in [0.15, 0.2) is 0 Å². The van der Waals surface area contributed by atoms with Crippen LogP contribution in [-0.4, -0.2) is 48.6 Å². The van der Waals surface area contributed by atoms with Gasteiger partial charge in [0, 0.05) is 23.9 Å². The van der Waals surface area contributed by atoms with Crippen molar-refractivity contribution in [1.82, 2.24) is 9.47 Å². The number of methoxy groups -OCH3 is 2. The summed E-state index contributed by atoms with van der Waals surface area (Å²) in [4.78, 5) is 32.1. The van der Waals surface area contributed by atoms with Crippen molar-refractivity contribution in [2.24, 2.45) is 0 Å². The average Bonchev–Trinajstić information content (AvgIpc) is 3.55. The summed E-state index contributed by atoms with van der Waals surface area (Å²) in [7, 11) is 3.25. The number of fused-ring (bicyclic) bond motifs is 4. The number of rotatable bonds is 9. The Morgan fingerprint density at radius 3 is 2.35 bits per heavy atom. The van der Waals surface area contributed by atoms with Gasteiger partial charge in [-0.3, -0.25) is 14.5 Å². The van der Waals surface area contributed by atoms with Crippen LogP contribution in [0.3, 0.4) is 0 Å². The molecule has 7 heteroatoms. The first-order valence-electron chi connectivity index (χ1n) is 14.6. The van der Waals surface area contributed by atoms with Crippen molar-refractivity contribution >= 4 is 28.3 Å². The Labute approximate surface area is 251 Å². The number of carbonyl (C=O) groups excluding carboxylic acids is 2. The van der Waals surface area contributed by atoms with Crippen LogP contribution in [-0.2, 0) is 4.79 Å². The highest BCUT2D eigenvalue weighted by Gasteiger charge is 2.38. The number of anilines is 1. The minimum Gasteiger partial charge on any atom is -0.497 e. The number of nitrogens with zero attached hydrogens (tertiary/aromatic N) is 3. The molecular weight excluding hydrogens is 538 g/mol. The van der Waals surface area contributed by atoms with Crippen LogP contribution < -0.4 is 14.4 Å². The summed E-state index contributed by atoms with van der Waals surface area (Å²) in [6.07, 6.45) is 3.70. The molecule has 43 heavy (non-hydrogen) atoms. The predicted octanol–water partition coefficient (Wildman–Crippen LogP) is 7.03. The Bertz CT molecular complexity index is 1790. The van der Waals surface area contributed by atoms with Crippen molar-refractivity contribution in [3.8, 4) is 17.2 Å². The van der Waals surface area contributed by atoms with E-state index in [1.807, 2.05) is 108 Å². The highest BCUT2D eigenvalue weighted by molar-refractivity contribution is 6.04. The zero-order chi connectivity index (χ0) is 29.9. The van der Waals surface area contributed by atoms with Gasteiger partial charge in [-0.1, -0.05) is 55.8 Å². The maximum atomic E-state index is 14.6. The maximum absolute atomic E-state index is 14.6. The Morgan fingerprint density at radius 2 is 1.58 bits per heavy atom. The second-order valence-corrected chi connectivity index (χ2v) is 10.7. The van der Waals surface area contributed by atoms with E-state index in [9.17, 15) is 9.59 Å². The van der Waals surface area contributed by atoms with E-state index in [0.717, 1.165) is 46.2 Å². The van der Waals surface area contributed by atoms with Crippen LogP contribution in [0.2, 0.25) is 0 Å². The SMILES string of the molecule is CCCCN(CC(=O)N1c2ccccc2-n2cccc2C1c1cc(OC)ccc1OC)C(=O)c1ccc2ccccc2c1. The number of para-hydroxylation sites is 2. The Hall–Kier alpha value is -5.04. The molecule has 1 atom stereocenters. The zero-order valence-corrected chi connectivity index (χ0v) is 24.7. The van der Waals surface area contributed by atoms with Crippen molar-refractivity contribution in [3.05, 3.63) is 120 Å². The molecular formula is C36H35N3O4. The number of ether oxygens (including phenoxy) is 2. The number of unbranched alkanes of at least 4 members (excludes halogenated alkanes) is 1. The van der Waals surface area contributed by atoms with Gasteiger partial charge in [0.2, 0.25) is 5.91 Å². The third-order valence-electron chi connectivity index (χ3n) is 8.11. The van der Waals surface area contributed by atoms with Gasteiger partial charge in [-0.15, -0.1) is 0 Å². The van der Waals surface area contributed by atoms with E-state index in [4.69, 9.17) is 9.47 Å². The van der Waals surface area contributed by atoms with E-state index >= 15 is 0 Å². The Morgan fingerprint density at radius 1 is 0.814 bits per heavy atom. The monoisotopic (exact) mass is 573 g/mol. The molecule has 1 unspecified atom stereocenters. The summed E-state index contributed by atoms with van der Waals surface area (Å²) < 4.78 is 13.5. The van der Waals surface area contributed by atoms with Gasteiger partial charge in [-0.25, -0.2) is 0 Å². The van der Waals surface area contributed by atoms with Gasteiger partial charge in [0.25, 0.3) is 5.91 Å². The number of hydrogen-bond acceptors (Lipinski definition) is 4. The summed E-state index contributed by atoms with van der Waals surface area (Å²) in [5.74, 6) is 0.971. The van der Waals surface area contributed by atoms with Gasteiger partial charge < -0.3 is 18.9 Å². The quantitative estimate of drug-likeness (QED) is 0.190. The summed E-state index contributed by atoms with van der Waals surface area (Å²) in [6.45, 7) is 2.50. The molecule has 1 aromatic heterocycles. The third kappa shape index (κ3) is 5.23. The van der Waals surface area contributed by atoms with Gasteiger partial charge in [0.1, 0.15) is 24.1 Å². The maximum Gasteiger partial charge on any atom is 0.254 e. The molecule has 1 aliphatic heterocycles. The fraction of sp³-hybridized carbons (Fsp3) is 0.222. The molecule has 0 bridgehead atoms. The smallest absolute Gasteiger partial charge is 0.254 e. The highest BCUT2D eigenvalue weighted by atomic mass is 16.5. The predicted molar refractivity (Wildman–Crippen MR) is 169 cm³/mol. The molecule has 0 N–H and O–H groups in total. The first-order valence-corrected chi connectivity index (χ1v) is 14.6. The molecule has 2 heterocycles. The van der Waals surface area contributed by atoms with E-state index < -0.39 is 6.04 Å². The van der Waals surface area contributed by atoms with Gasteiger partial charge in [-0.05, 0) is 71.8 Å². The van der Waals surface area contributed by atoms with Gasteiger partial charge in [0.05, 0.1) is 31.3 Å². The molecule has 0 saturated heterocycles. The molecule has 0 spiro atoms. The molecule has 0 aliphatic carbocycles. The molecule has 0 saturated carbocycles. The summed E-state index contributed by atoms with van der Waals surface area (Å²) >= 11 is 0. The number of amides is 2. The first-order chi connectivity index (χ1) is 21.0. The van der Waals surface area contributed by atoms with Gasteiger partial charge >= 0.3 is 0 Å². The van der Waals surface area contributed by atoms with Crippen molar-refractivity contribution in [3.63, 3.8) is 0 Å². The largest absolute Gasteiger partial charge is 0.497 e. The minimum absolute atomic E-state index is 0.0660. The summed E-state index contributed by atoms with van der Waals surface area (Å²) in [5, 5.41) is 2.06. The fourth-order valence-electron chi connectivity index (χ4n) is 5.95. The molecule has 4 aromatic carbocycles. The lowest BCUT2D eigenvalue weighted by atomic mass is 9.96. The Balaban J connectivity index is 1.43. The normalized spacial score (nSPS) is 13.7. The number of carbonyl (C=O) groups is 2. The number of hydrogen-bond donors (Lipinski definition) is 0. The van der Waals surface area contributed by atoms with Crippen LogP contribution in [0.4, 0.5) is 5.69 Å². The van der Waals surface area contributed by atoms with E-state index in [1.165, 1.54) is 0 Å². The van der Waals surface area contributed by atoms with E-state index in [1.54, 1.807) is 19.1 Å². The minimum atomic E-state index is -0.508. The molecule has 6 rings (SSSR count). The lowest BCUT2D eigenvalue weighted by Gasteiger charge is -2.40. The molecule has 0 fully saturated rings. The molecule has 0 radical (unpaired) electrons. The number of aromatic nitrogens is 1. The molecule has 218 valence electrons. The molecule has 7 nitrogen and oxygen atoms in total. The van der Waals surface area contributed by atoms with Crippen LogP contribution in [0.5, 0.6) is 11.5 Å². The lowest BCUT2D eigenvalue weighted by molar-refractivity contribution is -0.119.